The van der Waals surface area contributed by atoms with Crippen LogP contribution in [0.5, 0.6) is 0 Å². The minimum absolute atomic E-state index is 0.146. The van der Waals surface area contributed by atoms with Crippen molar-refractivity contribution in [2.24, 2.45) is 5.41 Å². The molecule has 0 unspecified atom stereocenters. The van der Waals surface area contributed by atoms with Gasteiger partial charge in [-0.2, -0.15) is 0 Å². The molecule has 6 nitrogen and oxygen atoms in total. The van der Waals surface area contributed by atoms with E-state index < -0.39 is 43.9 Å². The van der Waals surface area contributed by atoms with Crippen LogP contribution < -0.4 is 15.7 Å². The Labute approximate surface area is 259 Å². The van der Waals surface area contributed by atoms with Gasteiger partial charge in [0.2, 0.25) is 0 Å². The molecule has 0 amide bonds. The summed E-state index contributed by atoms with van der Waals surface area (Å²) in [6.07, 6.45) is -0.606. The van der Waals surface area contributed by atoms with Gasteiger partial charge in [0.05, 0.1) is 26.4 Å². The normalized spacial score (nSPS) is 21.2. The molecular weight excluding hydrogens is 575 g/mol. The molecule has 1 fully saturated rings. The molecule has 0 radical (unpaired) electrons. The first kappa shape index (κ1) is 30.9. The molecule has 0 aliphatic carbocycles. The van der Waals surface area contributed by atoms with Crippen LogP contribution in [0.1, 0.15) is 49.8 Å². The van der Waals surface area contributed by atoms with Gasteiger partial charge in [0.15, 0.2) is 0 Å². The van der Waals surface area contributed by atoms with E-state index >= 15 is 0 Å². The quantitative estimate of drug-likeness (QED) is 0.190. The molecule has 1 N–H and O–H groups in total. The lowest BCUT2D eigenvalue weighted by atomic mass is 9.71. The van der Waals surface area contributed by atoms with Crippen LogP contribution in [0, 0.1) is 5.41 Å². The molecule has 1 aliphatic rings. The van der Waals surface area contributed by atoms with E-state index in [0.29, 0.717) is 0 Å². The van der Waals surface area contributed by atoms with Crippen molar-refractivity contribution in [1.29, 1.82) is 0 Å². The van der Waals surface area contributed by atoms with Gasteiger partial charge in [0.1, 0.15) is 11.5 Å². The van der Waals surface area contributed by atoms with Crippen molar-refractivity contribution in [3.8, 4) is 0 Å². The summed E-state index contributed by atoms with van der Waals surface area (Å²) in [4.78, 5) is 28.5. The van der Waals surface area contributed by atoms with Crippen molar-refractivity contribution in [1.82, 2.24) is 5.32 Å². The largest absolute Gasteiger partial charge is 0.468 e. The number of carbonyl (C=O) groups excluding carboxylic acids is 2. The van der Waals surface area contributed by atoms with E-state index in [1.807, 2.05) is 84.2 Å². The van der Waals surface area contributed by atoms with Crippen LogP contribution >= 0.6 is 11.3 Å². The van der Waals surface area contributed by atoms with Crippen LogP contribution in [0.15, 0.2) is 109 Å². The smallest absolute Gasteiger partial charge is 0.322 e. The number of benzene rings is 3. The van der Waals surface area contributed by atoms with Crippen LogP contribution in [-0.4, -0.2) is 40.5 Å². The van der Waals surface area contributed by atoms with E-state index in [9.17, 15) is 9.59 Å². The van der Waals surface area contributed by atoms with E-state index in [1.54, 1.807) is 11.3 Å². The molecular formula is C35H39NO5SSi. The van der Waals surface area contributed by atoms with E-state index in [-0.39, 0.29) is 11.5 Å². The third-order valence-corrected chi connectivity index (χ3v) is 14.5. The summed E-state index contributed by atoms with van der Waals surface area (Å²) < 4.78 is 18.7. The van der Waals surface area contributed by atoms with Gasteiger partial charge in [-0.3, -0.25) is 14.9 Å². The molecule has 43 heavy (non-hydrogen) atoms. The maximum Gasteiger partial charge on any atom is 0.322 e. The Morgan fingerprint density at radius 2 is 1.40 bits per heavy atom. The Bertz CT molecular complexity index is 1470. The van der Waals surface area contributed by atoms with E-state index in [0.717, 1.165) is 20.8 Å². The molecule has 1 aliphatic heterocycles. The van der Waals surface area contributed by atoms with Crippen molar-refractivity contribution in [2.45, 2.75) is 50.4 Å². The predicted octanol–water partition coefficient (Wildman–Crippen LogP) is 5.80. The fourth-order valence-electron chi connectivity index (χ4n) is 6.68. The van der Waals surface area contributed by atoms with Crippen molar-refractivity contribution < 1.29 is 23.5 Å². The van der Waals surface area contributed by atoms with Crippen LogP contribution in [0.2, 0.25) is 5.04 Å². The first-order valence-electron chi connectivity index (χ1n) is 14.5. The number of hydrogen-bond acceptors (Lipinski definition) is 7. The molecule has 4 aromatic rings. The summed E-state index contributed by atoms with van der Waals surface area (Å²) in [6.45, 7) is 6.65. The van der Waals surface area contributed by atoms with E-state index in [2.05, 4.69) is 50.4 Å². The van der Waals surface area contributed by atoms with Gasteiger partial charge in [-0.05, 0) is 38.8 Å². The van der Waals surface area contributed by atoms with E-state index in [4.69, 9.17) is 13.9 Å². The molecule has 8 heteroatoms. The number of hydrogen-bond donors (Lipinski definition) is 1. The highest BCUT2D eigenvalue weighted by molar-refractivity contribution is 7.10. The number of carbonyl (C=O) groups is 2. The topological polar surface area (TPSA) is 73.9 Å². The number of nitrogens with one attached hydrogen (secondary N) is 1. The Morgan fingerprint density at radius 1 is 0.837 bits per heavy atom. The Balaban J connectivity index is 1.83. The first-order chi connectivity index (χ1) is 20.7. The molecule has 5 rings (SSSR count). The average Bonchev–Trinajstić information content (AvgIpc) is 3.71. The van der Waals surface area contributed by atoms with E-state index in [1.165, 1.54) is 14.2 Å². The van der Waals surface area contributed by atoms with Crippen molar-refractivity contribution in [3.63, 3.8) is 0 Å². The number of thiophene rings is 1. The van der Waals surface area contributed by atoms with Crippen molar-refractivity contribution in [2.75, 3.05) is 14.2 Å². The van der Waals surface area contributed by atoms with Crippen LogP contribution in [0.4, 0.5) is 0 Å². The molecule has 0 bridgehead atoms. The second kappa shape index (κ2) is 12.6. The fourth-order valence-corrected chi connectivity index (χ4v) is 12.3. The lowest BCUT2D eigenvalue weighted by Gasteiger charge is -2.49. The lowest BCUT2D eigenvalue weighted by molar-refractivity contribution is -0.161. The highest BCUT2D eigenvalue weighted by Gasteiger charge is 2.64. The number of rotatable bonds is 9. The lowest BCUT2D eigenvalue weighted by Crippen LogP contribution is -2.68. The molecule has 1 aromatic heterocycles. The highest BCUT2D eigenvalue weighted by Crippen LogP contribution is 2.57. The minimum atomic E-state index is -3.17. The highest BCUT2D eigenvalue weighted by atomic mass is 32.1. The van der Waals surface area contributed by atoms with Gasteiger partial charge in [-0.1, -0.05) is 118 Å². The number of methoxy groups -OCH3 is 2. The second-order valence-electron chi connectivity index (χ2n) is 12.0. The monoisotopic (exact) mass is 613 g/mol. The minimum Gasteiger partial charge on any atom is -0.468 e. The number of esters is 2. The Hall–Kier alpha value is -3.56. The summed E-state index contributed by atoms with van der Waals surface area (Å²) in [5.41, 5.74) is -0.431. The molecule has 2 heterocycles. The van der Waals surface area contributed by atoms with Crippen molar-refractivity contribution in [3.05, 3.63) is 119 Å². The van der Waals surface area contributed by atoms with Crippen LogP contribution in [0.25, 0.3) is 0 Å². The molecule has 4 atom stereocenters. The van der Waals surface area contributed by atoms with Gasteiger partial charge in [0.25, 0.3) is 8.32 Å². The summed E-state index contributed by atoms with van der Waals surface area (Å²) in [6, 6.07) is 33.2. The Kier molecular flexibility index (Phi) is 9.03. The Morgan fingerprint density at radius 3 is 1.86 bits per heavy atom. The summed E-state index contributed by atoms with van der Waals surface area (Å²) in [7, 11) is -0.396. The van der Waals surface area contributed by atoms with Crippen molar-refractivity contribution >= 4 is 42.0 Å². The maximum atomic E-state index is 14.4. The molecule has 1 saturated heterocycles. The predicted molar refractivity (Wildman–Crippen MR) is 173 cm³/mol. The zero-order chi connectivity index (χ0) is 30.7. The zero-order valence-corrected chi connectivity index (χ0v) is 27.1. The molecule has 224 valence electrons. The maximum absolute atomic E-state index is 14.4. The zero-order valence-electron chi connectivity index (χ0n) is 25.3. The molecule has 0 spiro atoms. The van der Waals surface area contributed by atoms with Crippen LogP contribution in [0.3, 0.4) is 0 Å². The summed E-state index contributed by atoms with van der Waals surface area (Å²) in [5.74, 6) is -0.862. The van der Waals surface area contributed by atoms with Gasteiger partial charge in [0, 0.05) is 4.88 Å². The summed E-state index contributed by atoms with van der Waals surface area (Å²) in [5, 5.41) is 7.32. The standard InChI is InChI=1S/C35H39NO5SSi/c1-34(2,3)43(26-18-11-7-12-19-26,27-20-13-8-14-21-27)41-31(29-22-15-23-42-29)35(33(38)40-5)24-28(32(37)39-4)36-30(35)25-16-9-6-10-17-25/h6-23,28,30-31,36H,24H2,1-5H3/t28-,30-,31-,35-/m1/s1. The van der Waals surface area contributed by atoms with Gasteiger partial charge >= 0.3 is 11.9 Å². The average molecular weight is 614 g/mol. The SMILES string of the molecule is COC(=O)[C@H]1C[C@](C(=O)OC)([C@H](O[Si](c2ccccc2)(c2ccccc2)C(C)(C)C)c2cccs2)[C@@H](c2ccccc2)N1. The third-order valence-electron chi connectivity index (χ3n) is 8.59. The van der Waals surface area contributed by atoms with Gasteiger partial charge < -0.3 is 13.9 Å². The van der Waals surface area contributed by atoms with Gasteiger partial charge in [-0.15, -0.1) is 11.3 Å². The van der Waals surface area contributed by atoms with Crippen LogP contribution in [-0.2, 0) is 23.5 Å². The first-order valence-corrected chi connectivity index (χ1v) is 17.3. The molecule has 3 aromatic carbocycles. The fraction of sp³-hybridized carbons (Fsp3) is 0.314. The molecule has 0 saturated carbocycles. The number of ether oxygens (including phenoxy) is 2. The second-order valence-corrected chi connectivity index (χ2v) is 17.2. The summed E-state index contributed by atoms with van der Waals surface area (Å²) >= 11 is 1.54. The van der Waals surface area contributed by atoms with Gasteiger partial charge in [-0.25, -0.2) is 0 Å². The third kappa shape index (κ3) is 5.49.